The molecule has 0 unspecified atom stereocenters. The monoisotopic (exact) mass is 307 g/mol. The van der Waals surface area contributed by atoms with Crippen LogP contribution in [0.1, 0.15) is 16.2 Å². The van der Waals surface area contributed by atoms with Gasteiger partial charge in [0.25, 0.3) is 0 Å². The number of alkyl halides is 7. The Kier molecular flexibility index (Phi) is 3.81. The average Bonchev–Trinajstić information content (AvgIpc) is 2.66. The molecule has 0 aliphatic rings. The molecule has 0 aromatic carbocycles. The van der Waals surface area contributed by atoms with Gasteiger partial charge in [0.15, 0.2) is 0 Å². The molecule has 0 amide bonds. The van der Waals surface area contributed by atoms with Gasteiger partial charge in [0.2, 0.25) is 0 Å². The maximum atomic E-state index is 13.8. The molecule has 1 aromatic heterocycles. The number of hydrogen-bond donors (Lipinski definition) is 0. The molecule has 114 valence electrons. The highest BCUT2D eigenvalue weighted by atomic mass is 19.4. The summed E-state index contributed by atoms with van der Waals surface area (Å²) in [5.74, 6) is -1.19. The number of esters is 1. The highest BCUT2D eigenvalue weighted by Crippen LogP contribution is 2.53. The molecule has 0 saturated carbocycles. The molecule has 0 fully saturated rings. The van der Waals surface area contributed by atoms with Gasteiger partial charge in [-0.1, -0.05) is 0 Å². The van der Waals surface area contributed by atoms with E-state index in [1.54, 1.807) is 0 Å². The van der Waals surface area contributed by atoms with Crippen molar-refractivity contribution in [3.8, 4) is 0 Å². The molecule has 10 heteroatoms. The lowest BCUT2D eigenvalue weighted by Gasteiger charge is -2.30. The molecular formula is C10H8F7NO2. The summed E-state index contributed by atoms with van der Waals surface area (Å²) >= 11 is 0. The number of aromatic nitrogens is 1. The van der Waals surface area contributed by atoms with Gasteiger partial charge in [-0.25, -0.2) is 9.18 Å². The van der Waals surface area contributed by atoms with Crippen molar-refractivity contribution in [1.29, 1.82) is 0 Å². The topological polar surface area (TPSA) is 31.2 Å². The Morgan fingerprint density at radius 2 is 1.50 bits per heavy atom. The lowest BCUT2D eigenvalue weighted by atomic mass is 10.0. The number of carbonyl (C=O) groups excluding carboxylic acids is 1. The predicted molar refractivity (Wildman–Crippen MR) is 51.6 cm³/mol. The molecular weight excluding hydrogens is 299 g/mol. The summed E-state index contributed by atoms with van der Waals surface area (Å²) in [5.41, 5.74) is -7.97. The van der Waals surface area contributed by atoms with E-state index in [1.807, 2.05) is 0 Å². The van der Waals surface area contributed by atoms with Gasteiger partial charge in [0, 0.05) is 7.05 Å². The Morgan fingerprint density at radius 1 is 1.05 bits per heavy atom. The lowest BCUT2D eigenvalue weighted by Crippen LogP contribution is -2.51. The third kappa shape index (κ3) is 2.22. The fourth-order valence-electron chi connectivity index (χ4n) is 1.62. The third-order valence-corrected chi connectivity index (χ3v) is 2.65. The summed E-state index contributed by atoms with van der Waals surface area (Å²) in [5, 5.41) is 0. The number of halogens is 7. The van der Waals surface area contributed by atoms with Crippen LogP contribution >= 0.6 is 0 Å². The Labute approximate surface area is 107 Å². The van der Waals surface area contributed by atoms with Crippen LogP contribution in [-0.4, -0.2) is 30.0 Å². The van der Waals surface area contributed by atoms with Gasteiger partial charge >= 0.3 is 24.0 Å². The number of methoxy groups -OCH3 is 1. The molecule has 3 nitrogen and oxygen atoms in total. The van der Waals surface area contributed by atoms with Gasteiger partial charge in [-0.05, 0) is 12.1 Å². The zero-order valence-electron chi connectivity index (χ0n) is 10.1. The van der Waals surface area contributed by atoms with Crippen LogP contribution in [0.3, 0.4) is 0 Å². The predicted octanol–water partition coefficient (Wildman–Crippen LogP) is 3.10. The zero-order chi connectivity index (χ0) is 15.9. The third-order valence-electron chi connectivity index (χ3n) is 2.65. The first-order chi connectivity index (χ1) is 8.88. The summed E-state index contributed by atoms with van der Waals surface area (Å²) in [6.45, 7) is 0. The Morgan fingerprint density at radius 3 is 1.85 bits per heavy atom. The van der Waals surface area contributed by atoms with Gasteiger partial charge in [0.1, 0.15) is 5.69 Å². The molecule has 0 saturated heterocycles. The minimum Gasteiger partial charge on any atom is -0.464 e. The van der Waals surface area contributed by atoms with Gasteiger partial charge in [0.05, 0.1) is 12.8 Å². The second-order valence-corrected chi connectivity index (χ2v) is 3.81. The normalized spacial score (nSPS) is 13.4. The largest absolute Gasteiger partial charge is 0.464 e. The summed E-state index contributed by atoms with van der Waals surface area (Å²) in [6, 6.07) is 0.861. The Bertz CT molecular complexity index is 501. The molecule has 0 spiro atoms. The number of nitrogens with zero attached hydrogens (tertiary/aromatic N) is 1. The molecule has 0 N–H and O–H groups in total. The second-order valence-electron chi connectivity index (χ2n) is 3.81. The van der Waals surface area contributed by atoms with Crippen molar-refractivity contribution in [2.75, 3.05) is 7.11 Å². The van der Waals surface area contributed by atoms with E-state index in [-0.39, 0.29) is 10.6 Å². The minimum atomic E-state index is -6.23. The van der Waals surface area contributed by atoms with Crippen LogP contribution in [0, 0.1) is 0 Å². The second kappa shape index (κ2) is 4.67. The average molecular weight is 307 g/mol. The summed E-state index contributed by atoms with van der Waals surface area (Å²) < 4.78 is 93.3. The molecule has 0 aliphatic carbocycles. The molecule has 1 aromatic rings. The molecule has 0 radical (unpaired) electrons. The van der Waals surface area contributed by atoms with Crippen molar-refractivity contribution in [1.82, 2.24) is 4.57 Å². The van der Waals surface area contributed by atoms with Crippen molar-refractivity contribution in [2.45, 2.75) is 18.0 Å². The highest BCUT2D eigenvalue weighted by molar-refractivity contribution is 5.87. The van der Waals surface area contributed by atoms with E-state index < -0.39 is 35.4 Å². The first kappa shape index (κ1) is 16.3. The molecule has 0 bridgehead atoms. The molecule has 20 heavy (non-hydrogen) atoms. The van der Waals surface area contributed by atoms with E-state index >= 15 is 0 Å². The fraction of sp³-hybridized carbons (Fsp3) is 0.500. The first-order valence-corrected chi connectivity index (χ1v) is 4.94. The van der Waals surface area contributed by atoms with Crippen LogP contribution in [0.25, 0.3) is 0 Å². The fourth-order valence-corrected chi connectivity index (χ4v) is 1.62. The van der Waals surface area contributed by atoms with Crippen molar-refractivity contribution >= 4 is 5.97 Å². The van der Waals surface area contributed by atoms with E-state index in [1.165, 1.54) is 0 Å². The highest BCUT2D eigenvalue weighted by Gasteiger charge is 2.74. The SMILES string of the molecule is COC(=O)c1ccc(C(F)(C(F)(F)F)C(F)(F)F)n1C. The van der Waals surface area contributed by atoms with Crippen molar-refractivity contribution in [2.24, 2.45) is 7.05 Å². The van der Waals surface area contributed by atoms with E-state index in [9.17, 15) is 35.5 Å². The lowest BCUT2D eigenvalue weighted by molar-refractivity contribution is -0.350. The summed E-state index contributed by atoms with van der Waals surface area (Å²) in [7, 11) is 1.58. The van der Waals surface area contributed by atoms with Crippen LogP contribution in [0.2, 0.25) is 0 Å². The number of carbonyl (C=O) groups is 1. The van der Waals surface area contributed by atoms with Crippen LogP contribution in [0.15, 0.2) is 12.1 Å². The quantitative estimate of drug-likeness (QED) is 0.621. The van der Waals surface area contributed by atoms with Gasteiger partial charge in [-0.2, -0.15) is 26.3 Å². The molecule has 0 atom stereocenters. The number of hydrogen-bond acceptors (Lipinski definition) is 2. The Balaban J connectivity index is 3.54. The standard InChI is InChI=1S/C10H8F7NO2/c1-18-5(7(19)20-2)3-4-6(18)8(11,9(12,13)14)10(15,16)17/h3-4H,1-2H3. The zero-order valence-corrected chi connectivity index (χ0v) is 10.1. The van der Waals surface area contributed by atoms with Gasteiger partial charge in [-0.15, -0.1) is 0 Å². The van der Waals surface area contributed by atoms with E-state index in [4.69, 9.17) is 0 Å². The van der Waals surface area contributed by atoms with Crippen LogP contribution in [0.4, 0.5) is 30.7 Å². The van der Waals surface area contributed by atoms with Gasteiger partial charge in [-0.3, -0.25) is 0 Å². The molecule has 1 rings (SSSR count). The number of rotatable bonds is 2. The van der Waals surface area contributed by atoms with Crippen LogP contribution < -0.4 is 0 Å². The smallest absolute Gasteiger partial charge is 0.437 e. The number of ether oxygens (including phenoxy) is 1. The van der Waals surface area contributed by atoms with E-state index in [0.29, 0.717) is 13.1 Å². The van der Waals surface area contributed by atoms with Crippen LogP contribution in [-0.2, 0) is 17.5 Å². The van der Waals surface area contributed by atoms with Crippen molar-refractivity contribution < 1.29 is 40.3 Å². The molecule has 0 aliphatic heterocycles. The first-order valence-electron chi connectivity index (χ1n) is 4.94. The maximum Gasteiger partial charge on any atom is 0.437 e. The van der Waals surface area contributed by atoms with E-state index in [0.717, 1.165) is 7.11 Å². The summed E-state index contributed by atoms with van der Waals surface area (Å²) in [6.07, 6.45) is -12.5. The Hall–Kier alpha value is -1.74. The molecule has 1 heterocycles. The van der Waals surface area contributed by atoms with Crippen molar-refractivity contribution in [3.05, 3.63) is 23.5 Å². The van der Waals surface area contributed by atoms with Crippen molar-refractivity contribution in [3.63, 3.8) is 0 Å². The minimum absolute atomic E-state index is 0.160. The van der Waals surface area contributed by atoms with Gasteiger partial charge < -0.3 is 9.30 Å². The van der Waals surface area contributed by atoms with Crippen LogP contribution in [0.5, 0.6) is 0 Å². The van der Waals surface area contributed by atoms with E-state index in [2.05, 4.69) is 4.74 Å². The summed E-state index contributed by atoms with van der Waals surface area (Å²) in [4.78, 5) is 11.1. The maximum absolute atomic E-state index is 13.8.